The van der Waals surface area contributed by atoms with Crippen molar-refractivity contribution in [2.75, 3.05) is 0 Å². The van der Waals surface area contributed by atoms with Gasteiger partial charge in [0.2, 0.25) is 0 Å². The molecule has 0 unspecified atom stereocenters. The lowest BCUT2D eigenvalue weighted by Crippen LogP contribution is -1.89. The van der Waals surface area contributed by atoms with Crippen LogP contribution in [0.15, 0.2) is 18.5 Å². The van der Waals surface area contributed by atoms with Crippen LogP contribution in [-0.4, -0.2) is 4.98 Å². The minimum absolute atomic E-state index is 0.00403. The van der Waals surface area contributed by atoms with E-state index in [0.717, 1.165) is 12.0 Å². The van der Waals surface area contributed by atoms with Crippen molar-refractivity contribution in [2.45, 2.75) is 47.5 Å². The summed E-state index contributed by atoms with van der Waals surface area (Å²) >= 11 is 0. The number of halogens is 2. The lowest BCUT2D eigenvalue weighted by Gasteiger charge is -1.99. The zero-order valence-corrected chi connectivity index (χ0v) is 10.2. The molecule has 0 N–H and O–H groups in total. The van der Waals surface area contributed by atoms with Crippen LogP contribution in [-0.2, 0) is 6.42 Å². The second kappa shape index (κ2) is 11.1. The van der Waals surface area contributed by atoms with Crippen molar-refractivity contribution >= 4 is 0 Å². The van der Waals surface area contributed by atoms with Crippen molar-refractivity contribution in [3.63, 3.8) is 0 Å². The Morgan fingerprint density at radius 2 is 1.67 bits per heavy atom. The van der Waals surface area contributed by atoms with Crippen LogP contribution in [0.3, 0.4) is 0 Å². The number of hydrogen-bond donors (Lipinski definition) is 0. The normalized spacial score (nSPS) is 8.53. The van der Waals surface area contributed by atoms with Crippen LogP contribution in [0.2, 0.25) is 0 Å². The van der Waals surface area contributed by atoms with Gasteiger partial charge in [0.15, 0.2) is 0 Å². The first-order valence-electron chi connectivity index (χ1n) is 5.46. The van der Waals surface area contributed by atoms with E-state index in [9.17, 15) is 8.78 Å². The average Bonchev–Trinajstić information content (AvgIpc) is 2.34. The Labute approximate surface area is 91.5 Å². The van der Waals surface area contributed by atoms with E-state index in [0.29, 0.717) is 0 Å². The van der Waals surface area contributed by atoms with Crippen LogP contribution in [0.5, 0.6) is 0 Å². The number of hydrogen-bond acceptors (Lipinski definition) is 1. The van der Waals surface area contributed by atoms with Crippen LogP contribution in [0.25, 0.3) is 0 Å². The minimum atomic E-state index is -2.41. The summed E-state index contributed by atoms with van der Waals surface area (Å²) in [5, 5.41) is 0. The first-order valence-corrected chi connectivity index (χ1v) is 5.46. The second-order valence-corrected chi connectivity index (χ2v) is 2.28. The molecule has 0 aliphatic rings. The van der Waals surface area contributed by atoms with Crippen molar-refractivity contribution in [1.82, 2.24) is 4.98 Å². The fourth-order valence-electron chi connectivity index (χ4n) is 0.820. The maximum atomic E-state index is 12.0. The third-order valence-electron chi connectivity index (χ3n) is 1.48. The molecule has 0 fully saturated rings. The third-order valence-corrected chi connectivity index (χ3v) is 1.48. The molecular weight excluding hydrogens is 196 g/mol. The Bertz CT molecular complexity index is 237. The lowest BCUT2D eigenvalue weighted by molar-refractivity contribution is 0.151. The maximum Gasteiger partial charge on any atom is 0.265 e. The Balaban J connectivity index is 0. The predicted octanol–water partition coefficient (Wildman–Crippen LogP) is 4.63. The molecule has 0 aromatic carbocycles. The summed E-state index contributed by atoms with van der Waals surface area (Å²) in [7, 11) is 0. The van der Waals surface area contributed by atoms with Gasteiger partial charge in [-0.1, -0.05) is 34.6 Å². The van der Waals surface area contributed by atoms with Gasteiger partial charge in [-0.25, -0.2) is 8.78 Å². The number of pyridine rings is 1. The fourth-order valence-corrected chi connectivity index (χ4v) is 0.820. The minimum Gasteiger partial charge on any atom is -0.264 e. The molecule has 0 spiro atoms. The number of rotatable bonds is 2. The highest BCUT2D eigenvalue weighted by Gasteiger charge is 2.06. The second-order valence-electron chi connectivity index (χ2n) is 2.28. The number of aromatic nitrogens is 1. The van der Waals surface area contributed by atoms with Crippen LogP contribution in [0.1, 0.15) is 52.2 Å². The number of nitrogens with zero attached hydrogens (tertiary/aromatic N) is 1. The molecule has 0 aliphatic heterocycles. The van der Waals surface area contributed by atoms with Crippen molar-refractivity contribution in [1.29, 1.82) is 0 Å². The van der Waals surface area contributed by atoms with E-state index in [1.807, 2.05) is 34.6 Å². The van der Waals surface area contributed by atoms with Crippen molar-refractivity contribution < 1.29 is 8.78 Å². The average molecular weight is 217 g/mol. The highest BCUT2D eigenvalue weighted by molar-refractivity contribution is 5.18. The van der Waals surface area contributed by atoms with E-state index in [-0.39, 0.29) is 5.56 Å². The fraction of sp³-hybridized carbons (Fsp3) is 0.583. The van der Waals surface area contributed by atoms with Gasteiger partial charge in [0.1, 0.15) is 0 Å². The van der Waals surface area contributed by atoms with E-state index < -0.39 is 6.43 Å². The summed E-state index contributed by atoms with van der Waals surface area (Å²) in [5.41, 5.74) is 0.854. The molecule has 1 aromatic rings. The van der Waals surface area contributed by atoms with Gasteiger partial charge in [-0.3, -0.25) is 4.98 Å². The Kier molecular flexibility index (Phi) is 12.2. The maximum absolute atomic E-state index is 12.0. The molecule has 88 valence electrons. The SMILES string of the molecule is CC.CC.CCc1cncc(C(F)F)c1. The highest BCUT2D eigenvalue weighted by atomic mass is 19.3. The molecule has 15 heavy (non-hydrogen) atoms. The third kappa shape index (κ3) is 7.00. The number of aryl methyl sites for hydroxylation is 1. The van der Waals surface area contributed by atoms with Gasteiger partial charge in [0.25, 0.3) is 6.43 Å². The molecule has 1 nitrogen and oxygen atoms in total. The number of alkyl halides is 2. The molecular formula is C12H21F2N. The Morgan fingerprint density at radius 3 is 2.07 bits per heavy atom. The molecule has 1 rings (SSSR count). The van der Waals surface area contributed by atoms with E-state index in [1.165, 1.54) is 12.3 Å². The van der Waals surface area contributed by atoms with Gasteiger partial charge in [-0.2, -0.15) is 0 Å². The summed E-state index contributed by atoms with van der Waals surface area (Å²) in [6.07, 6.45) is 1.14. The first-order chi connectivity index (χ1) is 7.24. The zero-order valence-electron chi connectivity index (χ0n) is 10.2. The monoisotopic (exact) mass is 217 g/mol. The highest BCUT2D eigenvalue weighted by Crippen LogP contribution is 2.18. The van der Waals surface area contributed by atoms with Gasteiger partial charge in [0, 0.05) is 18.0 Å². The van der Waals surface area contributed by atoms with Gasteiger partial charge < -0.3 is 0 Å². The largest absolute Gasteiger partial charge is 0.265 e. The van der Waals surface area contributed by atoms with E-state index in [4.69, 9.17) is 0 Å². The van der Waals surface area contributed by atoms with Gasteiger partial charge in [-0.05, 0) is 18.1 Å². The zero-order chi connectivity index (χ0) is 12.3. The Hall–Kier alpha value is -0.990. The van der Waals surface area contributed by atoms with Crippen LogP contribution in [0.4, 0.5) is 8.78 Å². The molecule has 0 bridgehead atoms. The van der Waals surface area contributed by atoms with Gasteiger partial charge >= 0.3 is 0 Å². The van der Waals surface area contributed by atoms with E-state index in [1.54, 1.807) is 6.20 Å². The smallest absolute Gasteiger partial charge is 0.264 e. The standard InChI is InChI=1S/C8H9F2N.2C2H6/c1-2-6-3-7(8(9)10)5-11-4-6;2*1-2/h3-5,8H,2H2,1H3;2*1-2H3. The summed E-state index contributed by atoms with van der Waals surface area (Å²) in [6, 6.07) is 1.48. The van der Waals surface area contributed by atoms with Crippen molar-refractivity contribution in [3.05, 3.63) is 29.6 Å². The summed E-state index contributed by atoms with van der Waals surface area (Å²) in [5.74, 6) is 0. The van der Waals surface area contributed by atoms with Crippen molar-refractivity contribution in [3.8, 4) is 0 Å². The lowest BCUT2D eigenvalue weighted by atomic mass is 10.2. The summed E-state index contributed by atoms with van der Waals surface area (Å²) < 4.78 is 24.1. The molecule has 0 aliphatic carbocycles. The molecule has 0 amide bonds. The van der Waals surface area contributed by atoms with Gasteiger partial charge in [-0.15, -0.1) is 0 Å². The molecule has 1 heterocycles. The Morgan fingerprint density at radius 1 is 1.13 bits per heavy atom. The topological polar surface area (TPSA) is 12.9 Å². The van der Waals surface area contributed by atoms with Crippen molar-refractivity contribution in [2.24, 2.45) is 0 Å². The predicted molar refractivity (Wildman–Crippen MR) is 61.3 cm³/mol. The summed E-state index contributed by atoms with van der Waals surface area (Å²) in [6.45, 7) is 9.91. The molecule has 0 radical (unpaired) electrons. The molecule has 0 saturated heterocycles. The molecule has 3 heteroatoms. The molecule has 0 atom stereocenters. The summed E-state index contributed by atoms with van der Waals surface area (Å²) in [4.78, 5) is 3.70. The molecule has 0 saturated carbocycles. The van der Waals surface area contributed by atoms with Gasteiger partial charge in [0.05, 0.1) is 0 Å². The first kappa shape index (κ1) is 16.4. The van der Waals surface area contributed by atoms with E-state index >= 15 is 0 Å². The molecule has 1 aromatic heterocycles. The van der Waals surface area contributed by atoms with Crippen LogP contribution < -0.4 is 0 Å². The van der Waals surface area contributed by atoms with E-state index in [2.05, 4.69) is 4.98 Å². The van der Waals surface area contributed by atoms with Crippen LogP contribution in [0, 0.1) is 0 Å². The van der Waals surface area contributed by atoms with Crippen LogP contribution >= 0.6 is 0 Å². The quantitative estimate of drug-likeness (QED) is 0.703.